The first-order valence-corrected chi connectivity index (χ1v) is 6.69. The predicted octanol–water partition coefficient (Wildman–Crippen LogP) is 1.91. The van der Waals surface area contributed by atoms with Crippen molar-refractivity contribution >= 4 is 28.8 Å². The van der Waals surface area contributed by atoms with Gasteiger partial charge in [-0.1, -0.05) is 11.6 Å². The molecule has 2 aromatic heterocycles. The minimum atomic E-state index is -0.115. The zero-order valence-corrected chi connectivity index (χ0v) is 11.4. The quantitative estimate of drug-likeness (QED) is 0.821. The van der Waals surface area contributed by atoms with Crippen LogP contribution in [0.5, 0.6) is 0 Å². The van der Waals surface area contributed by atoms with Crippen LogP contribution in [-0.4, -0.2) is 32.7 Å². The molecular weight excluding hydrogens is 272 g/mol. The van der Waals surface area contributed by atoms with Gasteiger partial charge in [0.05, 0.1) is 18.2 Å². The van der Waals surface area contributed by atoms with E-state index in [2.05, 4.69) is 20.3 Å². The van der Waals surface area contributed by atoms with E-state index >= 15 is 0 Å². The lowest BCUT2D eigenvalue weighted by Gasteiger charge is -2.16. The van der Waals surface area contributed by atoms with Crippen LogP contribution in [0.15, 0.2) is 17.8 Å². The summed E-state index contributed by atoms with van der Waals surface area (Å²) in [6, 6.07) is 1.53. The third-order valence-corrected chi connectivity index (χ3v) is 3.31. The number of hydrogen-bond donors (Lipinski definition) is 2. The Morgan fingerprint density at radius 1 is 1.50 bits per heavy atom. The summed E-state index contributed by atoms with van der Waals surface area (Å²) in [6.45, 7) is 1.78. The summed E-state index contributed by atoms with van der Waals surface area (Å²) in [5.74, 6) is 1.22. The highest BCUT2D eigenvalue weighted by atomic mass is 35.5. The van der Waals surface area contributed by atoms with Crippen LogP contribution in [0.4, 0.5) is 5.82 Å². The van der Waals surface area contributed by atoms with Crippen LogP contribution in [0.25, 0.3) is 0 Å². The minimum absolute atomic E-state index is 0.0125. The van der Waals surface area contributed by atoms with E-state index < -0.39 is 0 Å². The van der Waals surface area contributed by atoms with Crippen molar-refractivity contribution in [3.05, 3.63) is 33.6 Å². The Morgan fingerprint density at radius 3 is 2.94 bits per heavy atom. The molecule has 0 radical (unpaired) electrons. The highest BCUT2D eigenvalue weighted by molar-refractivity contribution is 7.09. The van der Waals surface area contributed by atoms with Gasteiger partial charge in [-0.05, 0) is 6.92 Å². The van der Waals surface area contributed by atoms with Gasteiger partial charge in [-0.25, -0.2) is 9.97 Å². The number of nitrogens with zero attached hydrogens (tertiary/aromatic N) is 3. The van der Waals surface area contributed by atoms with Crippen LogP contribution in [0.3, 0.4) is 0 Å². The van der Waals surface area contributed by atoms with Gasteiger partial charge in [0, 0.05) is 23.6 Å². The van der Waals surface area contributed by atoms with Gasteiger partial charge in [-0.15, -0.1) is 11.3 Å². The molecule has 2 aromatic rings. The number of aromatic nitrogens is 3. The Balaban J connectivity index is 2.05. The molecule has 2 N–H and O–H groups in total. The highest BCUT2D eigenvalue weighted by Gasteiger charge is 2.11. The number of nitrogens with one attached hydrogen (secondary N) is 1. The zero-order chi connectivity index (χ0) is 13.0. The summed E-state index contributed by atoms with van der Waals surface area (Å²) in [5.41, 5.74) is 1.77. The van der Waals surface area contributed by atoms with Gasteiger partial charge in [0.15, 0.2) is 0 Å². The fourth-order valence-corrected chi connectivity index (χ4v) is 2.46. The van der Waals surface area contributed by atoms with E-state index in [0.717, 1.165) is 4.88 Å². The third kappa shape index (κ3) is 3.63. The largest absolute Gasteiger partial charge is 0.394 e. The van der Waals surface area contributed by atoms with Gasteiger partial charge in [-0.2, -0.15) is 0 Å². The van der Waals surface area contributed by atoms with E-state index in [0.29, 0.717) is 23.2 Å². The van der Waals surface area contributed by atoms with Crippen molar-refractivity contribution in [3.63, 3.8) is 0 Å². The van der Waals surface area contributed by atoms with E-state index in [-0.39, 0.29) is 12.6 Å². The van der Waals surface area contributed by atoms with Gasteiger partial charge < -0.3 is 10.4 Å². The molecule has 2 rings (SSSR count). The van der Waals surface area contributed by atoms with E-state index in [9.17, 15) is 5.11 Å². The molecule has 18 heavy (non-hydrogen) atoms. The molecule has 5 nitrogen and oxygen atoms in total. The Bertz CT molecular complexity index is 485. The lowest BCUT2D eigenvalue weighted by atomic mass is 10.2. The topological polar surface area (TPSA) is 70.9 Å². The normalized spacial score (nSPS) is 12.4. The van der Waals surface area contributed by atoms with Crippen LogP contribution in [0.1, 0.15) is 10.7 Å². The highest BCUT2D eigenvalue weighted by Crippen LogP contribution is 2.15. The molecule has 2 heterocycles. The van der Waals surface area contributed by atoms with E-state index in [4.69, 9.17) is 11.6 Å². The number of halogens is 1. The first-order valence-electron chi connectivity index (χ1n) is 5.43. The molecule has 1 unspecified atom stereocenters. The van der Waals surface area contributed by atoms with Crippen molar-refractivity contribution in [3.8, 4) is 0 Å². The molecule has 0 bridgehead atoms. The number of thiazole rings is 1. The molecule has 0 saturated carbocycles. The molecule has 0 aliphatic heterocycles. The second-order valence-corrected chi connectivity index (χ2v) is 5.18. The van der Waals surface area contributed by atoms with Gasteiger partial charge >= 0.3 is 0 Å². The average Bonchev–Trinajstić information content (AvgIpc) is 2.79. The Labute approximate surface area is 114 Å². The van der Waals surface area contributed by atoms with Crippen molar-refractivity contribution in [2.45, 2.75) is 19.4 Å². The zero-order valence-electron chi connectivity index (χ0n) is 9.80. The smallest absolute Gasteiger partial charge is 0.134 e. The lowest BCUT2D eigenvalue weighted by Crippen LogP contribution is -2.26. The van der Waals surface area contributed by atoms with Crippen molar-refractivity contribution in [1.82, 2.24) is 15.0 Å². The molecule has 0 aliphatic rings. The Kier molecular flexibility index (Phi) is 4.46. The van der Waals surface area contributed by atoms with Gasteiger partial charge in [-0.3, -0.25) is 4.98 Å². The maximum Gasteiger partial charge on any atom is 0.134 e. The lowest BCUT2D eigenvalue weighted by molar-refractivity contribution is 0.274. The number of rotatable bonds is 5. The first-order chi connectivity index (χ1) is 8.67. The predicted molar refractivity (Wildman–Crippen MR) is 72.1 cm³/mol. The van der Waals surface area contributed by atoms with E-state index in [1.165, 1.54) is 0 Å². The van der Waals surface area contributed by atoms with Crippen LogP contribution >= 0.6 is 22.9 Å². The van der Waals surface area contributed by atoms with Crippen LogP contribution < -0.4 is 5.32 Å². The molecule has 0 spiro atoms. The second-order valence-electron chi connectivity index (χ2n) is 3.82. The molecule has 0 aromatic carbocycles. The summed E-state index contributed by atoms with van der Waals surface area (Å²) >= 11 is 7.42. The van der Waals surface area contributed by atoms with Crippen LogP contribution in [-0.2, 0) is 6.42 Å². The van der Waals surface area contributed by atoms with Crippen LogP contribution in [0, 0.1) is 6.92 Å². The summed E-state index contributed by atoms with van der Waals surface area (Å²) in [4.78, 5) is 13.3. The van der Waals surface area contributed by atoms with Gasteiger partial charge in [0.25, 0.3) is 0 Å². The van der Waals surface area contributed by atoms with Gasteiger partial charge in [0.1, 0.15) is 16.8 Å². The maximum absolute atomic E-state index is 9.37. The summed E-state index contributed by atoms with van der Waals surface area (Å²) in [7, 11) is 0. The fraction of sp³-hybridized carbons (Fsp3) is 0.364. The fourth-order valence-electron chi connectivity index (χ4n) is 1.56. The monoisotopic (exact) mass is 284 g/mol. The number of hydrogen-bond acceptors (Lipinski definition) is 6. The van der Waals surface area contributed by atoms with Crippen molar-refractivity contribution < 1.29 is 5.11 Å². The number of aliphatic hydroxyl groups is 1. The molecule has 1 atom stereocenters. The van der Waals surface area contributed by atoms with E-state index in [1.807, 2.05) is 0 Å². The summed E-state index contributed by atoms with van der Waals surface area (Å²) < 4.78 is 0. The molecule has 0 saturated heterocycles. The van der Waals surface area contributed by atoms with E-state index in [1.54, 1.807) is 36.0 Å². The molecule has 7 heteroatoms. The minimum Gasteiger partial charge on any atom is -0.394 e. The second kappa shape index (κ2) is 6.08. The number of aryl methyl sites for hydroxylation is 1. The Hall–Kier alpha value is -1.24. The molecule has 0 amide bonds. The number of anilines is 1. The molecular formula is C11H13ClN4OS. The standard InChI is InChI=1S/C11H13ClN4OS/c1-7-14-10(12)3-11(15-7)16-8(5-17)2-9-4-13-6-18-9/h3-4,6,8,17H,2,5H2,1H3,(H,14,15,16). The van der Waals surface area contributed by atoms with Crippen molar-refractivity contribution in [2.75, 3.05) is 11.9 Å². The molecule has 0 aliphatic carbocycles. The molecule has 0 fully saturated rings. The summed E-state index contributed by atoms with van der Waals surface area (Å²) in [5, 5.41) is 12.9. The van der Waals surface area contributed by atoms with Crippen LogP contribution in [0.2, 0.25) is 5.15 Å². The van der Waals surface area contributed by atoms with Gasteiger partial charge in [0.2, 0.25) is 0 Å². The first kappa shape index (κ1) is 13.2. The third-order valence-electron chi connectivity index (χ3n) is 2.31. The Morgan fingerprint density at radius 2 is 2.33 bits per heavy atom. The van der Waals surface area contributed by atoms with Crippen molar-refractivity contribution in [2.24, 2.45) is 0 Å². The molecule has 96 valence electrons. The summed E-state index contributed by atoms with van der Waals surface area (Å²) in [6.07, 6.45) is 2.50. The van der Waals surface area contributed by atoms with Crippen molar-refractivity contribution in [1.29, 1.82) is 0 Å². The SMILES string of the molecule is Cc1nc(Cl)cc(NC(CO)Cc2cncs2)n1. The maximum atomic E-state index is 9.37. The average molecular weight is 285 g/mol. The number of aliphatic hydroxyl groups excluding tert-OH is 1.